The number of fused-ring (bicyclic) bond motifs is 2. The number of nitrogens with one attached hydrogen (secondary N) is 3. The Balaban J connectivity index is 1.53. The molecular formula is C21H18N4O3. The van der Waals surface area contributed by atoms with Gasteiger partial charge >= 0.3 is 0 Å². The number of ether oxygens (including phenoxy) is 1. The average molecular weight is 374 g/mol. The molecule has 2 aromatic heterocycles. The third-order valence-corrected chi connectivity index (χ3v) is 4.58. The lowest BCUT2D eigenvalue weighted by Gasteiger charge is -2.10. The molecule has 0 spiro atoms. The van der Waals surface area contributed by atoms with Crippen LogP contribution in [0.5, 0.6) is 5.75 Å². The van der Waals surface area contributed by atoms with Crippen LogP contribution in [0.3, 0.4) is 0 Å². The monoisotopic (exact) mass is 374 g/mol. The van der Waals surface area contributed by atoms with E-state index < -0.39 is 11.8 Å². The van der Waals surface area contributed by atoms with Gasteiger partial charge in [-0.1, -0.05) is 18.2 Å². The van der Waals surface area contributed by atoms with E-state index in [0.29, 0.717) is 22.6 Å². The van der Waals surface area contributed by atoms with Gasteiger partial charge in [0.15, 0.2) is 0 Å². The van der Waals surface area contributed by atoms with Crippen molar-refractivity contribution in [2.24, 2.45) is 0 Å². The van der Waals surface area contributed by atoms with Crippen LogP contribution in [0.25, 0.3) is 21.8 Å². The molecule has 0 bridgehead atoms. The minimum atomic E-state index is -0.434. The van der Waals surface area contributed by atoms with E-state index in [1.807, 2.05) is 36.4 Å². The number of hydrazine groups is 1. The van der Waals surface area contributed by atoms with Crippen LogP contribution in [-0.4, -0.2) is 28.9 Å². The highest BCUT2D eigenvalue weighted by Gasteiger charge is 2.15. The summed E-state index contributed by atoms with van der Waals surface area (Å²) in [5.41, 5.74) is 7.91. The molecule has 0 saturated heterocycles. The Morgan fingerprint density at radius 3 is 2.54 bits per heavy atom. The van der Waals surface area contributed by atoms with Crippen LogP contribution >= 0.6 is 0 Å². The van der Waals surface area contributed by atoms with Crippen LogP contribution in [0.2, 0.25) is 0 Å². The molecule has 0 radical (unpaired) electrons. The quantitative estimate of drug-likeness (QED) is 0.480. The first kappa shape index (κ1) is 17.5. The summed E-state index contributed by atoms with van der Waals surface area (Å²) in [6.07, 6.45) is 1.61. The molecule has 2 heterocycles. The predicted octanol–water partition coefficient (Wildman–Crippen LogP) is 3.11. The van der Waals surface area contributed by atoms with E-state index in [-0.39, 0.29) is 0 Å². The maximum absolute atomic E-state index is 12.6. The number of carbonyl (C=O) groups is 2. The molecule has 28 heavy (non-hydrogen) atoms. The number of H-pyrrole nitrogens is 1. The molecule has 4 aromatic rings. The van der Waals surface area contributed by atoms with Gasteiger partial charge in [0.2, 0.25) is 0 Å². The Kier molecular flexibility index (Phi) is 4.41. The van der Waals surface area contributed by atoms with Gasteiger partial charge in [0, 0.05) is 28.6 Å². The summed E-state index contributed by atoms with van der Waals surface area (Å²) < 4.78 is 5.20. The van der Waals surface area contributed by atoms with Gasteiger partial charge in [-0.2, -0.15) is 0 Å². The molecule has 3 N–H and O–H groups in total. The molecule has 0 saturated carbocycles. The third-order valence-electron chi connectivity index (χ3n) is 4.58. The zero-order chi connectivity index (χ0) is 19.7. The molecule has 0 atom stereocenters. The fourth-order valence-corrected chi connectivity index (χ4v) is 3.11. The summed E-state index contributed by atoms with van der Waals surface area (Å²) in [5, 5.41) is 1.59. The highest BCUT2D eigenvalue weighted by molar-refractivity contribution is 6.08. The fourth-order valence-electron chi connectivity index (χ4n) is 3.11. The SMILES string of the molecule is COc1ccc2cc(C(=O)NNC(=O)c3c[nH]c4ccccc34)c(C)nc2c1. The number of amides is 2. The first-order valence-electron chi connectivity index (χ1n) is 8.69. The summed E-state index contributed by atoms with van der Waals surface area (Å²) in [5.74, 6) is -0.138. The molecule has 0 aliphatic rings. The number of hydrogen-bond donors (Lipinski definition) is 3. The normalized spacial score (nSPS) is 10.8. The van der Waals surface area contributed by atoms with Crippen LogP contribution in [0.1, 0.15) is 26.4 Å². The summed E-state index contributed by atoms with van der Waals surface area (Å²) in [6, 6.07) is 14.6. The number of para-hydroxylation sites is 1. The van der Waals surface area contributed by atoms with Crippen molar-refractivity contribution in [2.45, 2.75) is 6.92 Å². The Labute approximate surface area is 160 Å². The Morgan fingerprint density at radius 1 is 1.00 bits per heavy atom. The Morgan fingerprint density at radius 2 is 1.75 bits per heavy atom. The van der Waals surface area contributed by atoms with Crippen molar-refractivity contribution < 1.29 is 14.3 Å². The van der Waals surface area contributed by atoms with Crippen molar-refractivity contribution in [3.8, 4) is 5.75 Å². The molecule has 2 amide bonds. The maximum atomic E-state index is 12.6. The summed E-state index contributed by atoms with van der Waals surface area (Å²) in [6.45, 7) is 1.75. The number of pyridine rings is 1. The van der Waals surface area contributed by atoms with Gasteiger partial charge in [-0.15, -0.1) is 0 Å². The Hall–Kier alpha value is -3.87. The molecule has 2 aromatic carbocycles. The lowest BCUT2D eigenvalue weighted by atomic mass is 10.1. The lowest BCUT2D eigenvalue weighted by molar-refractivity contribution is 0.0847. The molecule has 0 unspecified atom stereocenters. The zero-order valence-corrected chi connectivity index (χ0v) is 15.4. The molecule has 4 rings (SSSR count). The maximum Gasteiger partial charge on any atom is 0.271 e. The minimum Gasteiger partial charge on any atom is -0.497 e. The second-order valence-corrected chi connectivity index (χ2v) is 6.34. The van der Waals surface area contributed by atoms with E-state index in [1.165, 1.54) is 0 Å². The van der Waals surface area contributed by atoms with Crippen molar-refractivity contribution in [1.82, 2.24) is 20.8 Å². The number of benzene rings is 2. The number of methoxy groups -OCH3 is 1. The van der Waals surface area contributed by atoms with E-state index in [4.69, 9.17) is 4.74 Å². The van der Waals surface area contributed by atoms with Gasteiger partial charge < -0.3 is 9.72 Å². The van der Waals surface area contributed by atoms with Crippen molar-refractivity contribution in [1.29, 1.82) is 0 Å². The van der Waals surface area contributed by atoms with Gasteiger partial charge in [-0.25, -0.2) is 0 Å². The largest absolute Gasteiger partial charge is 0.497 e. The first-order valence-corrected chi connectivity index (χ1v) is 8.69. The third kappa shape index (κ3) is 3.14. The average Bonchev–Trinajstić information content (AvgIpc) is 3.15. The zero-order valence-electron chi connectivity index (χ0n) is 15.4. The van der Waals surface area contributed by atoms with Crippen LogP contribution in [0.4, 0.5) is 0 Å². The summed E-state index contributed by atoms with van der Waals surface area (Å²) >= 11 is 0. The molecule has 7 heteroatoms. The van der Waals surface area contributed by atoms with E-state index in [9.17, 15) is 9.59 Å². The van der Waals surface area contributed by atoms with E-state index >= 15 is 0 Å². The highest BCUT2D eigenvalue weighted by Crippen LogP contribution is 2.22. The number of rotatable bonds is 3. The van der Waals surface area contributed by atoms with Gasteiger partial charge in [0.1, 0.15) is 5.75 Å². The number of aromatic nitrogens is 2. The van der Waals surface area contributed by atoms with Crippen LogP contribution in [0, 0.1) is 6.92 Å². The van der Waals surface area contributed by atoms with Gasteiger partial charge in [0.25, 0.3) is 11.8 Å². The highest BCUT2D eigenvalue weighted by atomic mass is 16.5. The second-order valence-electron chi connectivity index (χ2n) is 6.34. The summed E-state index contributed by atoms with van der Waals surface area (Å²) in [4.78, 5) is 32.5. The van der Waals surface area contributed by atoms with Gasteiger partial charge in [-0.05, 0) is 31.2 Å². The van der Waals surface area contributed by atoms with Crippen molar-refractivity contribution >= 4 is 33.6 Å². The van der Waals surface area contributed by atoms with Gasteiger partial charge in [0.05, 0.1) is 29.4 Å². The Bertz CT molecular complexity index is 1210. The number of aromatic amines is 1. The molecular weight excluding hydrogens is 356 g/mol. The number of nitrogens with zero attached hydrogens (tertiary/aromatic N) is 1. The fraction of sp³-hybridized carbons (Fsp3) is 0.0952. The van der Waals surface area contributed by atoms with Crippen LogP contribution in [0.15, 0.2) is 54.7 Å². The van der Waals surface area contributed by atoms with E-state index in [0.717, 1.165) is 21.8 Å². The molecule has 7 nitrogen and oxygen atoms in total. The smallest absolute Gasteiger partial charge is 0.271 e. The number of carbonyl (C=O) groups excluding carboxylic acids is 2. The predicted molar refractivity (Wildman–Crippen MR) is 106 cm³/mol. The first-order chi connectivity index (χ1) is 13.6. The topological polar surface area (TPSA) is 96.1 Å². The molecule has 0 aliphatic heterocycles. The minimum absolute atomic E-state index is 0.386. The van der Waals surface area contributed by atoms with Crippen molar-refractivity contribution in [3.05, 3.63) is 71.5 Å². The second kappa shape index (κ2) is 7.03. The molecule has 0 fully saturated rings. The standard InChI is InChI=1S/C21H18N4O3/c1-12-16(9-13-7-8-14(28-2)10-19(13)23-12)20(26)24-25-21(27)17-11-22-18-6-4-3-5-15(17)18/h3-11,22H,1-2H3,(H,24,26)(H,25,27). The van der Waals surface area contributed by atoms with E-state index in [1.54, 1.807) is 32.4 Å². The van der Waals surface area contributed by atoms with Crippen LogP contribution in [-0.2, 0) is 0 Å². The lowest BCUT2D eigenvalue weighted by Crippen LogP contribution is -2.41. The van der Waals surface area contributed by atoms with E-state index in [2.05, 4.69) is 20.8 Å². The van der Waals surface area contributed by atoms with Crippen molar-refractivity contribution in [2.75, 3.05) is 7.11 Å². The summed E-state index contributed by atoms with van der Waals surface area (Å²) in [7, 11) is 1.59. The van der Waals surface area contributed by atoms with Crippen LogP contribution < -0.4 is 15.6 Å². The number of aryl methyl sites for hydroxylation is 1. The van der Waals surface area contributed by atoms with Gasteiger partial charge in [-0.3, -0.25) is 25.4 Å². The van der Waals surface area contributed by atoms with Crippen molar-refractivity contribution in [3.63, 3.8) is 0 Å². The number of hydrogen-bond acceptors (Lipinski definition) is 4. The molecule has 0 aliphatic carbocycles. The molecule has 140 valence electrons.